The lowest BCUT2D eigenvalue weighted by Crippen LogP contribution is -2.02. The Bertz CT molecular complexity index is 2080. The number of pyridine rings is 1. The molecule has 4 aromatic carbocycles. The van der Waals surface area contributed by atoms with Crippen molar-refractivity contribution in [1.82, 2.24) is 9.97 Å². The van der Waals surface area contributed by atoms with E-state index in [-0.39, 0.29) is 5.12 Å². The number of hydrogen-bond donors (Lipinski definition) is 1. The molecule has 3 heterocycles. The highest BCUT2D eigenvalue weighted by Crippen LogP contribution is 2.41. The molecule has 1 atom stereocenters. The van der Waals surface area contributed by atoms with Crippen LogP contribution in [0.15, 0.2) is 120 Å². The van der Waals surface area contributed by atoms with Crippen LogP contribution in [0.5, 0.6) is 11.5 Å². The number of aromatic nitrogens is 2. The van der Waals surface area contributed by atoms with Crippen molar-refractivity contribution in [2.24, 2.45) is 0 Å². The molecule has 1 unspecified atom stereocenters. The van der Waals surface area contributed by atoms with Gasteiger partial charge in [0.25, 0.3) is 0 Å². The van der Waals surface area contributed by atoms with Crippen LogP contribution in [-0.4, -0.2) is 15.1 Å². The van der Waals surface area contributed by atoms with Crippen molar-refractivity contribution >= 4 is 50.2 Å². The SMILES string of the molecule is CC(C(=O)S)c1occ(-c2ccc(OCc3nc4ccccc4s3)cc2)c1-c1ccc(OCc2ccc3ccccc3n2)cc1. The van der Waals surface area contributed by atoms with E-state index in [2.05, 4.69) is 29.7 Å². The van der Waals surface area contributed by atoms with Gasteiger partial charge in [0.15, 0.2) is 5.12 Å². The Balaban J connectivity index is 1.10. The van der Waals surface area contributed by atoms with Crippen LogP contribution >= 0.6 is 24.0 Å². The van der Waals surface area contributed by atoms with Gasteiger partial charge in [0.1, 0.15) is 35.5 Å². The molecular weight excluding hydrogens is 601 g/mol. The Morgan fingerprint density at radius 2 is 1.44 bits per heavy atom. The number of nitrogens with zero attached hydrogens (tertiary/aromatic N) is 2. The van der Waals surface area contributed by atoms with Gasteiger partial charge in [-0.1, -0.05) is 60.7 Å². The molecule has 0 aliphatic heterocycles. The Morgan fingerprint density at radius 3 is 2.18 bits per heavy atom. The van der Waals surface area contributed by atoms with Crippen molar-refractivity contribution in [2.75, 3.05) is 0 Å². The van der Waals surface area contributed by atoms with Crippen molar-refractivity contribution in [3.63, 3.8) is 0 Å². The Labute approximate surface area is 269 Å². The first-order valence-corrected chi connectivity index (χ1v) is 15.8. The summed E-state index contributed by atoms with van der Waals surface area (Å²) in [4.78, 5) is 21.6. The minimum absolute atomic E-state index is 0.265. The van der Waals surface area contributed by atoms with E-state index >= 15 is 0 Å². The summed E-state index contributed by atoms with van der Waals surface area (Å²) >= 11 is 5.73. The second kappa shape index (κ2) is 12.6. The highest BCUT2D eigenvalue weighted by molar-refractivity contribution is 7.96. The van der Waals surface area contributed by atoms with E-state index in [9.17, 15) is 4.79 Å². The van der Waals surface area contributed by atoms with Gasteiger partial charge in [-0.25, -0.2) is 9.97 Å². The van der Waals surface area contributed by atoms with Gasteiger partial charge in [-0.15, -0.1) is 24.0 Å². The van der Waals surface area contributed by atoms with Gasteiger partial charge in [0.05, 0.1) is 33.6 Å². The first kappa shape index (κ1) is 28.8. The van der Waals surface area contributed by atoms with Gasteiger partial charge in [0, 0.05) is 16.5 Å². The first-order valence-electron chi connectivity index (χ1n) is 14.5. The van der Waals surface area contributed by atoms with Crippen LogP contribution in [0.2, 0.25) is 0 Å². The number of rotatable bonds is 10. The first-order chi connectivity index (χ1) is 22.0. The van der Waals surface area contributed by atoms with Crippen molar-refractivity contribution < 1.29 is 18.7 Å². The third kappa shape index (κ3) is 6.20. The average molecular weight is 629 g/mol. The zero-order valence-electron chi connectivity index (χ0n) is 24.3. The molecule has 0 aliphatic carbocycles. The molecule has 0 amide bonds. The molecule has 3 aromatic heterocycles. The molecule has 0 spiro atoms. The maximum absolute atomic E-state index is 12.3. The normalized spacial score (nSPS) is 12.0. The summed E-state index contributed by atoms with van der Waals surface area (Å²) in [7, 11) is 0. The van der Waals surface area contributed by atoms with E-state index in [0.717, 1.165) is 59.8 Å². The van der Waals surface area contributed by atoms with Crippen LogP contribution in [-0.2, 0) is 18.0 Å². The Hall–Kier alpha value is -4.92. The van der Waals surface area contributed by atoms with E-state index in [1.165, 1.54) is 0 Å². The lowest BCUT2D eigenvalue weighted by atomic mass is 9.93. The van der Waals surface area contributed by atoms with Gasteiger partial charge in [-0.3, -0.25) is 4.79 Å². The molecule has 0 saturated carbocycles. The van der Waals surface area contributed by atoms with Gasteiger partial charge in [-0.05, 0) is 66.6 Å². The van der Waals surface area contributed by atoms with E-state index in [1.54, 1.807) is 24.5 Å². The van der Waals surface area contributed by atoms with E-state index in [4.69, 9.17) is 18.9 Å². The molecule has 6 nitrogen and oxygen atoms in total. The van der Waals surface area contributed by atoms with E-state index < -0.39 is 5.92 Å². The second-order valence-electron chi connectivity index (χ2n) is 10.6. The zero-order valence-corrected chi connectivity index (χ0v) is 26.1. The van der Waals surface area contributed by atoms with Crippen LogP contribution in [0.4, 0.5) is 0 Å². The van der Waals surface area contributed by atoms with Crippen molar-refractivity contribution in [2.45, 2.75) is 26.1 Å². The molecule has 0 aliphatic rings. The average Bonchev–Trinajstić information content (AvgIpc) is 3.71. The fourth-order valence-electron chi connectivity index (χ4n) is 5.24. The standard InChI is InChI=1S/C37H28N2O4S2/c1-23(37(40)44)36-35(26-13-18-28(19-14-26)41-20-27-15-10-25-6-2-3-7-31(25)38-27)30(21-43-36)24-11-16-29(17-12-24)42-22-34-39-32-8-4-5-9-33(32)45-34/h2-19,21,23H,20,22H2,1H3,(H,40,44). The van der Waals surface area contributed by atoms with Crippen LogP contribution in [0, 0.1) is 0 Å². The number of thiol groups is 1. The molecule has 222 valence electrons. The molecular formula is C37H28N2O4S2. The molecule has 8 heteroatoms. The maximum Gasteiger partial charge on any atom is 0.196 e. The Kier molecular flexibility index (Phi) is 8.07. The molecule has 0 bridgehead atoms. The van der Waals surface area contributed by atoms with Gasteiger partial charge >= 0.3 is 0 Å². The number of furan rings is 1. The number of carbonyl (C=O) groups is 1. The van der Waals surface area contributed by atoms with E-state index in [0.29, 0.717) is 24.7 Å². The smallest absolute Gasteiger partial charge is 0.196 e. The summed E-state index contributed by atoms with van der Waals surface area (Å²) in [5.74, 6) is 1.50. The third-order valence-corrected chi connectivity index (χ3v) is 9.03. The quantitative estimate of drug-likeness (QED) is 0.152. The van der Waals surface area contributed by atoms with Gasteiger partial charge < -0.3 is 13.9 Å². The zero-order chi connectivity index (χ0) is 30.8. The van der Waals surface area contributed by atoms with E-state index in [1.807, 2.05) is 97.1 Å². The summed E-state index contributed by atoms with van der Waals surface area (Å²) < 4.78 is 19.3. The second-order valence-corrected chi connectivity index (χ2v) is 12.2. The van der Waals surface area contributed by atoms with Gasteiger partial charge in [0.2, 0.25) is 0 Å². The largest absolute Gasteiger partial charge is 0.487 e. The summed E-state index contributed by atoms with van der Waals surface area (Å²) in [6.45, 7) is 2.55. The maximum atomic E-state index is 12.3. The van der Waals surface area contributed by atoms with Crippen molar-refractivity contribution in [3.05, 3.63) is 132 Å². The highest BCUT2D eigenvalue weighted by atomic mass is 32.1. The molecule has 0 radical (unpaired) electrons. The summed E-state index contributed by atoms with van der Waals surface area (Å²) in [6.07, 6.45) is 1.70. The molecule has 0 N–H and O–H groups in total. The molecule has 0 saturated heterocycles. The van der Waals surface area contributed by atoms with Crippen LogP contribution in [0.25, 0.3) is 43.4 Å². The Morgan fingerprint density at radius 1 is 0.778 bits per heavy atom. The van der Waals surface area contributed by atoms with Crippen LogP contribution in [0.3, 0.4) is 0 Å². The van der Waals surface area contributed by atoms with Crippen LogP contribution < -0.4 is 9.47 Å². The number of fused-ring (bicyclic) bond motifs is 2. The highest BCUT2D eigenvalue weighted by Gasteiger charge is 2.24. The fourth-order valence-corrected chi connectivity index (χ4v) is 6.23. The number of ether oxygens (including phenoxy) is 2. The van der Waals surface area contributed by atoms with Crippen molar-refractivity contribution in [1.29, 1.82) is 0 Å². The summed E-state index contributed by atoms with van der Waals surface area (Å²) in [6, 6.07) is 35.8. The lowest BCUT2D eigenvalue weighted by Gasteiger charge is -2.12. The molecule has 7 rings (SSSR count). The van der Waals surface area contributed by atoms with Crippen molar-refractivity contribution in [3.8, 4) is 33.8 Å². The third-order valence-electron chi connectivity index (χ3n) is 7.63. The minimum Gasteiger partial charge on any atom is -0.487 e. The number of para-hydroxylation sites is 2. The van der Waals surface area contributed by atoms with Crippen LogP contribution in [0.1, 0.15) is 29.3 Å². The fraction of sp³-hybridized carbons (Fsp3) is 0.108. The minimum atomic E-state index is -0.525. The summed E-state index contributed by atoms with van der Waals surface area (Å²) in [5, 5.41) is 1.75. The lowest BCUT2D eigenvalue weighted by molar-refractivity contribution is -0.112. The number of carbonyl (C=O) groups excluding carboxylic acids is 1. The summed E-state index contributed by atoms with van der Waals surface area (Å²) in [5.41, 5.74) is 6.33. The molecule has 45 heavy (non-hydrogen) atoms. The molecule has 0 fully saturated rings. The predicted molar refractivity (Wildman–Crippen MR) is 182 cm³/mol. The number of thiazole rings is 1. The monoisotopic (exact) mass is 628 g/mol. The predicted octanol–water partition coefficient (Wildman–Crippen LogP) is 9.49. The molecule has 7 aromatic rings. The topological polar surface area (TPSA) is 74.5 Å². The number of benzene rings is 4. The number of hydrogen-bond acceptors (Lipinski definition) is 7. The van der Waals surface area contributed by atoms with Gasteiger partial charge in [-0.2, -0.15) is 0 Å².